The highest BCUT2D eigenvalue weighted by Gasteiger charge is 2.34. The van der Waals surface area contributed by atoms with Crippen LogP contribution in [-0.2, 0) is 4.79 Å². The molecule has 0 spiro atoms. The maximum Gasteiger partial charge on any atom is 0.293 e. The number of nitrogens with zero attached hydrogens (tertiary/aromatic N) is 3. The third-order valence-corrected chi connectivity index (χ3v) is 7.27. The summed E-state index contributed by atoms with van der Waals surface area (Å²) in [5.74, 6) is -0.0967. The number of carbonyl (C=O) groups excluding carboxylic acids is 3. The molecule has 0 aliphatic carbocycles. The standard InChI is InChI=1S/C23H20N4O3S3/c1-14-18(21(31-2)26-19(25-14)16-9-6-12-32-16)20(28)24-10-11-27-22(29)17(33-23(27)30)13-15-7-4-3-5-8-15/h3-9,12-13H,10-11H2,1-2H3,(H,24,28). The van der Waals surface area contributed by atoms with E-state index in [1.807, 2.05) is 54.1 Å². The zero-order valence-electron chi connectivity index (χ0n) is 17.9. The summed E-state index contributed by atoms with van der Waals surface area (Å²) in [7, 11) is 0. The van der Waals surface area contributed by atoms with Crippen molar-refractivity contribution in [1.29, 1.82) is 0 Å². The number of hydrogen-bond donors (Lipinski definition) is 1. The first kappa shape index (κ1) is 23.2. The van der Waals surface area contributed by atoms with Crippen LogP contribution in [0.5, 0.6) is 0 Å². The van der Waals surface area contributed by atoms with Gasteiger partial charge in [-0.25, -0.2) is 9.97 Å². The van der Waals surface area contributed by atoms with E-state index in [1.165, 1.54) is 23.1 Å². The smallest absolute Gasteiger partial charge is 0.293 e. The first-order valence-electron chi connectivity index (χ1n) is 10.0. The molecule has 33 heavy (non-hydrogen) atoms. The molecule has 3 heterocycles. The Labute approximate surface area is 203 Å². The average molecular weight is 497 g/mol. The van der Waals surface area contributed by atoms with Crippen LogP contribution in [0.25, 0.3) is 16.8 Å². The molecule has 0 radical (unpaired) electrons. The van der Waals surface area contributed by atoms with Crippen LogP contribution in [0.4, 0.5) is 4.79 Å². The Morgan fingerprint density at radius 1 is 1.15 bits per heavy atom. The quantitative estimate of drug-likeness (QED) is 0.288. The van der Waals surface area contributed by atoms with Gasteiger partial charge in [0.1, 0.15) is 5.03 Å². The fourth-order valence-corrected chi connectivity index (χ4v) is 5.38. The molecule has 1 aliphatic rings. The van der Waals surface area contributed by atoms with E-state index in [9.17, 15) is 14.4 Å². The summed E-state index contributed by atoms with van der Waals surface area (Å²) in [5, 5.41) is 4.99. The van der Waals surface area contributed by atoms with Crippen molar-refractivity contribution < 1.29 is 14.4 Å². The molecule has 3 aromatic rings. The molecule has 1 saturated heterocycles. The minimum atomic E-state index is -0.354. The van der Waals surface area contributed by atoms with Gasteiger partial charge in [0.2, 0.25) is 0 Å². The Bertz CT molecular complexity index is 1230. The van der Waals surface area contributed by atoms with Crippen molar-refractivity contribution in [3.05, 3.63) is 69.6 Å². The van der Waals surface area contributed by atoms with Crippen LogP contribution in [0.2, 0.25) is 0 Å². The largest absolute Gasteiger partial charge is 0.350 e. The van der Waals surface area contributed by atoms with Gasteiger partial charge in [-0.15, -0.1) is 23.1 Å². The van der Waals surface area contributed by atoms with Gasteiger partial charge in [-0.3, -0.25) is 19.3 Å². The summed E-state index contributed by atoms with van der Waals surface area (Å²) < 4.78 is 0. The van der Waals surface area contributed by atoms with Crippen LogP contribution in [0.15, 0.2) is 57.8 Å². The topological polar surface area (TPSA) is 92.3 Å². The molecular weight excluding hydrogens is 476 g/mol. The molecule has 1 N–H and O–H groups in total. The maximum atomic E-state index is 12.9. The van der Waals surface area contributed by atoms with Crippen LogP contribution < -0.4 is 5.32 Å². The molecule has 1 aliphatic heterocycles. The Morgan fingerprint density at radius 2 is 1.94 bits per heavy atom. The summed E-state index contributed by atoms with van der Waals surface area (Å²) >= 11 is 3.81. The van der Waals surface area contributed by atoms with Crippen LogP contribution in [-0.4, -0.2) is 51.3 Å². The fraction of sp³-hybridized carbons (Fsp3) is 0.174. The monoisotopic (exact) mass is 496 g/mol. The number of aromatic nitrogens is 2. The van der Waals surface area contributed by atoms with Crippen molar-refractivity contribution in [1.82, 2.24) is 20.2 Å². The number of aryl methyl sites for hydroxylation is 1. The van der Waals surface area contributed by atoms with E-state index < -0.39 is 0 Å². The van der Waals surface area contributed by atoms with E-state index in [-0.39, 0.29) is 30.1 Å². The Morgan fingerprint density at radius 3 is 2.64 bits per heavy atom. The number of carbonyl (C=O) groups is 3. The molecule has 0 unspecified atom stereocenters. The predicted octanol–water partition coefficient (Wildman–Crippen LogP) is 4.70. The van der Waals surface area contributed by atoms with E-state index in [1.54, 1.807) is 13.0 Å². The molecule has 1 aromatic carbocycles. The van der Waals surface area contributed by atoms with Gasteiger partial charge in [0.25, 0.3) is 17.1 Å². The number of rotatable bonds is 7. The van der Waals surface area contributed by atoms with E-state index >= 15 is 0 Å². The number of thiophene rings is 1. The second-order valence-corrected chi connectivity index (χ2v) is 9.73. The summed E-state index contributed by atoms with van der Waals surface area (Å²) in [5.41, 5.74) is 1.83. The molecule has 2 aromatic heterocycles. The summed E-state index contributed by atoms with van der Waals surface area (Å²) in [6, 6.07) is 13.2. The highest BCUT2D eigenvalue weighted by molar-refractivity contribution is 8.18. The number of hydrogen-bond acceptors (Lipinski definition) is 8. The van der Waals surface area contributed by atoms with Crippen molar-refractivity contribution in [3.8, 4) is 10.7 Å². The third kappa shape index (κ3) is 5.18. The molecule has 10 heteroatoms. The zero-order chi connectivity index (χ0) is 23.4. The van der Waals surface area contributed by atoms with Crippen LogP contribution >= 0.6 is 34.9 Å². The van der Waals surface area contributed by atoms with E-state index in [2.05, 4.69) is 15.3 Å². The lowest BCUT2D eigenvalue weighted by atomic mass is 10.2. The van der Waals surface area contributed by atoms with Gasteiger partial charge in [-0.2, -0.15) is 0 Å². The highest BCUT2D eigenvalue weighted by atomic mass is 32.2. The third-order valence-electron chi connectivity index (χ3n) is 4.81. The van der Waals surface area contributed by atoms with Gasteiger partial charge in [-0.05, 0) is 48.0 Å². The first-order chi connectivity index (χ1) is 16.0. The summed E-state index contributed by atoms with van der Waals surface area (Å²) in [6.45, 7) is 2.00. The first-order valence-corrected chi connectivity index (χ1v) is 12.9. The minimum absolute atomic E-state index is 0.0876. The Hall–Kier alpha value is -2.95. The van der Waals surface area contributed by atoms with Crippen LogP contribution in [0, 0.1) is 6.92 Å². The SMILES string of the molecule is CSc1nc(-c2cccs2)nc(C)c1C(=O)NCCN1C(=O)SC(=Cc2ccccc2)C1=O. The number of thioether (sulfide) groups is 2. The number of amides is 3. The molecule has 0 bridgehead atoms. The fourth-order valence-electron chi connectivity index (χ4n) is 3.23. The molecule has 1 fully saturated rings. The molecule has 7 nitrogen and oxygen atoms in total. The minimum Gasteiger partial charge on any atom is -0.350 e. The van der Waals surface area contributed by atoms with Gasteiger partial charge < -0.3 is 5.32 Å². The summed E-state index contributed by atoms with van der Waals surface area (Å²) in [6.07, 6.45) is 3.56. The molecular formula is C23H20N4O3S3. The Balaban J connectivity index is 1.42. The lowest BCUT2D eigenvalue weighted by molar-refractivity contribution is -0.122. The van der Waals surface area contributed by atoms with Crippen molar-refractivity contribution in [2.24, 2.45) is 0 Å². The molecule has 0 atom stereocenters. The van der Waals surface area contributed by atoms with Crippen LogP contribution in [0.1, 0.15) is 21.6 Å². The lowest BCUT2D eigenvalue weighted by Gasteiger charge is -2.15. The zero-order valence-corrected chi connectivity index (χ0v) is 20.4. The predicted molar refractivity (Wildman–Crippen MR) is 133 cm³/mol. The van der Waals surface area contributed by atoms with E-state index in [0.29, 0.717) is 27.0 Å². The Kier molecular flexibility index (Phi) is 7.26. The van der Waals surface area contributed by atoms with Crippen molar-refractivity contribution >= 4 is 58.0 Å². The molecule has 0 saturated carbocycles. The molecule has 168 valence electrons. The number of imide groups is 1. The summed E-state index contributed by atoms with van der Waals surface area (Å²) in [4.78, 5) is 49.4. The van der Waals surface area contributed by atoms with Gasteiger partial charge in [-0.1, -0.05) is 36.4 Å². The second kappa shape index (κ2) is 10.3. The van der Waals surface area contributed by atoms with Gasteiger partial charge in [0, 0.05) is 13.1 Å². The van der Waals surface area contributed by atoms with E-state index in [4.69, 9.17) is 0 Å². The number of nitrogens with one attached hydrogen (secondary N) is 1. The lowest BCUT2D eigenvalue weighted by Crippen LogP contribution is -2.37. The van der Waals surface area contributed by atoms with E-state index in [0.717, 1.165) is 27.1 Å². The van der Waals surface area contributed by atoms with Crippen LogP contribution in [0.3, 0.4) is 0 Å². The maximum absolute atomic E-state index is 12.9. The van der Waals surface area contributed by atoms with Crippen molar-refractivity contribution in [2.45, 2.75) is 11.9 Å². The normalized spacial score (nSPS) is 14.8. The van der Waals surface area contributed by atoms with Gasteiger partial charge >= 0.3 is 0 Å². The second-order valence-electron chi connectivity index (χ2n) is 6.99. The molecule has 4 rings (SSSR count). The highest BCUT2D eigenvalue weighted by Crippen LogP contribution is 2.32. The van der Waals surface area contributed by atoms with Gasteiger partial charge in [0.05, 0.1) is 21.0 Å². The van der Waals surface area contributed by atoms with Gasteiger partial charge in [0.15, 0.2) is 5.82 Å². The van der Waals surface area contributed by atoms with Crippen molar-refractivity contribution in [3.63, 3.8) is 0 Å². The average Bonchev–Trinajstić information content (AvgIpc) is 3.44. The molecule has 3 amide bonds. The number of benzene rings is 1. The van der Waals surface area contributed by atoms with Crippen molar-refractivity contribution in [2.75, 3.05) is 19.3 Å².